The maximum atomic E-state index is 10.9. The van der Waals surface area contributed by atoms with Gasteiger partial charge in [-0.1, -0.05) is 6.92 Å². The summed E-state index contributed by atoms with van der Waals surface area (Å²) in [5.41, 5.74) is -0.373. The van der Waals surface area contributed by atoms with Crippen molar-refractivity contribution >= 4 is 5.91 Å². The standard InChI is InChI=1S/C7H16N2O2/c1-4-6(10)9-7(2,3)5-11-8/h4-5,8H2,1-3H3,(H,9,10). The third-order valence-electron chi connectivity index (χ3n) is 1.24. The molecule has 0 aromatic carbocycles. The molecule has 0 spiro atoms. The van der Waals surface area contributed by atoms with Crippen LogP contribution in [0.5, 0.6) is 0 Å². The number of rotatable bonds is 4. The highest BCUT2D eigenvalue weighted by Gasteiger charge is 2.19. The van der Waals surface area contributed by atoms with Crippen molar-refractivity contribution in [1.29, 1.82) is 0 Å². The number of nitrogens with two attached hydrogens (primary N) is 1. The first kappa shape index (κ1) is 10.4. The fraction of sp³-hybridized carbons (Fsp3) is 0.857. The predicted molar refractivity (Wildman–Crippen MR) is 42.7 cm³/mol. The lowest BCUT2D eigenvalue weighted by molar-refractivity contribution is -0.123. The van der Waals surface area contributed by atoms with Gasteiger partial charge in [0.1, 0.15) is 0 Å². The van der Waals surface area contributed by atoms with E-state index in [2.05, 4.69) is 10.2 Å². The van der Waals surface area contributed by atoms with Gasteiger partial charge in [0.05, 0.1) is 12.1 Å². The third kappa shape index (κ3) is 4.75. The van der Waals surface area contributed by atoms with Crippen LogP contribution in [0, 0.1) is 0 Å². The van der Waals surface area contributed by atoms with E-state index >= 15 is 0 Å². The second kappa shape index (κ2) is 4.31. The van der Waals surface area contributed by atoms with Crippen LogP contribution in [-0.2, 0) is 9.63 Å². The van der Waals surface area contributed by atoms with Crippen LogP contribution >= 0.6 is 0 Å². The monoisotopic (exact) mass is 160 g/mol. The Morgan fingerprint density at radius 2 is 2.18 bits per heavy atom. The Bertz CT molecular complexity index is 134. The molecule has 4 heteroatoms. The number of hydrogen-bond donors (Lipinski definition) is 2. The summed E-state index contributed by atoms with van der Waals surface area (Å²) in [5.74, 6) is 4.89. The van der Waals surface area contributed by atoms with Gasteiger partial charge in [-0.3, -0.25) is 4.79 Å². The molecule has 0 aromatic heterocycles. The van der Waals surface area contributed by atoms with Crippen LogP contribution in [0.3, 0.4) is 0 Å². The smallest absolute Gasteiger partial charge is 0.220 e. The van der Waals surface area contributed by atoms with Gasteiger partial charge in [0.25, 0.3) is 0 Å². The van der Waals surface area contributed by atoms with Crippen molar-refractivity contribution in [1.82, 2.24) is 5.32 Å². The molecule has 1 amide bonds. The molecule has 0 aromatic rings. The normalized spacial score (nSPS) is 11.3. The van der Waals surface area contributed by atoms with Crippen molar-refractivity contribution in [2.45, 2.75) is 32.7 Å². The van der Waals surface area contributed by atoms with Gasteiger partial charge in [-0.2, -0.15) is 0 Å². The lowest BCUT2D eigenvalue weighted by atomic mass is 10.1. The molecule has 0 bridgehead atoms. The molecular formula is C7H16N2O2. The predicted octanol–water partition coefficient (Wildman–Crippen LogP) is 0.181. The molecule has 0 aliphatic heterocycles. The van der Waals surface area contributed by atoms with Crippen LogP contribution in [0.1, 0.15) is 27.2 Å². The molecule has 0 aliphatic carbocycles. The highest BCUT2D eigenvalue weighted by atomic mass is 16.6. The fourth-order valence-corrected chi connectivity index (χ4v) is 0.710. The van der Waals surface area contributed by atoms with Gasteiger partial charge in [-0.15, -0.1) is 0 Å². The van der Waals surface area contributed by atoms with E-state index in [-0.39, 0.29) is 11.4 Å². The Morgan fingerprint density at radius 1 is 1.64 bits per heavy atom. The van der Waals surface area contributed by atoms with E-state index in [1.54, 1.807) is 6.92 Å². The Labute approximate surface area is 67.0 Å². The van der Waals surface area contributed by atoms with Gasteiger partial charge >= 0.3 is 0 Å². The number of carbonyl (C=O) groups excluding carboxylic acids is 1. The molecule has 0 saturated carbocycles. The summed E-state index contributed by atoms with van der Waals surface area (Å²) >= 11 is 0. The zero-order valence-corrected chi connectivity index (χ0v) is 7.31. The van der Waals surface area contributed by atoms with Gasteiger partial charge in [-0.25, -0.2) is 5.90 Å². The topological polar surface area (TPSA) is 64.3 Å². The summed E-state index contributed by atoms with van der Waals surface area (Å²) < 4.78 is 0. The summed E-state index contributed by atoms with van der Waals surface area (Å²) in [5, 5.41) is 2.76. The molecule has 0 fully saturated rings. The first-order valence-corrected chi connectivity index (χ1v) is 3.64. The van der Waals surface area contributed by atoms with Crippen LogP contribution in [-0.4, -0.2) is 18.1 Å². The Kier molecular flexibility index (Phi) is 4.07. The highest BCUT2D eigenvalue weighted by molar-refractivity contribution is 5.76. The van der Waals surface area contributed by atoms with Crippen molar-refractivity contribution < 1.29 is 9.63 Å². The minimum Gasteiger partial charge on any atom is -0.349 e. The minimum atomic E-state index is -0.373. The van der Waals surface area contributed by atoms with Crippen molar-refractivity contribution in [3.05, 3.63) is 0 Å². The first-order chi connectivity index (χ1) is 5.02. The molecule has 3 N–H and O–H groups in total. The van der Waals surface area contributed by atoms with Crippen LogP contribution in [0.2, 0.25) is 0 Å². The third-order valence-corrected chi connectivity index (χ3v) is 1.24. The summed E-state index contributed by atoms with van der Waals surface area (Å²) in [7, 11) is 0. The van der Waals surface area contributed by atoms with Crippen LogP contribution in [0.4, 0.5) is 0 Å². The van der Waals surface area contributed by atoms with Gasteiger partial charge < -0.3 is 10.2 Å². The maximum Gasteiger partial charge on any atom is 0.220 e. The summed E-state index contributed by atoms with van der Waals surface area (Å²) in [6.07, 6.45) is 0.480. The molecule has 0 radical (unpaired) electrons. The van der Waals surface area contributed by atoms with E-state index in [0.717, 1.165) is 0 Å². The average molecular weight is 160 g/mol. The molecule has 11 heavy (non-hydrogen) atoms. The van der Waals surface area contributed by atoms with Crippen molar-refractivity contribution in [3.63, 3.8) is 0 Å². The van der Waals surface area contributed by atoms with Crippen molar-refractivity contribution in [2.24, 2.45) is 5.90 Å². The highest BCUT2D eigenvalue weighted by Crippen LogP contribution is 2.01. The molecular weight excluding hydrogens is 144 g/mol. The summed E-state index contributed by atoms with van der Waals surface area (Å²) in [6.45, 7) is 5.83. The van der Waals surface area contributed by atoms with E-state index in [0.29, 0.717) is 13.0 Å². The fourth-order valence-electron chi connectivity index (χ4n) is 0.710. The van der Waals surface area contributed by atoms with Crippen LogP contribution < -0.4 is 11.2 Å². The summed E-state index contributed by atoms with van der Waals surface area (Å²) in [6, 6.07) is 0. The number of carbonyl (C=O) groups is 1. The molecule has 0 unspecified atom stereocenters. The van der Waals surface area contributed by atoms with Crippen molar-refractivity contribution in [2.75, 3.05) is 6.61 Å². The molecule has 0 saturated heterocycles. The van der Waals surface area contributed by atoms with Gasteiger partial charge in [-0.05, 0) is 13.8 Å². The number of hydrogen-bond acceptors (Lipinski definition) is 3. The van der Waals surface area contributed by atoms with Gasteiger partial charge in [0.2, 0.25) is 5.91 Å². The first-order valence-electron chi connectivity index (χ1n) is 3.64. The lowest BCUT2D eigenvalue weighted by Crippen LogP contribution is -2.47. The second-order valence-corrected chi connectivity index (χ2v) is 3.10. The Hall–Kier alpha value is -0.610. The quantitative estimate of drug-likeness (QED) is 0.577. The van der Waals surface area contributed by atoms with E-state index in [9.17, 15) is 4.79 Å². The minimum absolute atomic E-state index is 0.00653. The number of amides is 1. The summed E-state index contributed by atoms with van der Waals surface area (Å²) in [4.78, 5) is 15.3. The zero-order chi connectivity index (χ0) is 8.91. The van der Waals surface area contributed by atoms with E-state index in [4.69, 9.17) is 5.90 Å². The van der Waals surface area contributed by atoms with Crippen LogP contribution in [0.25, 0.3) is 0 Å². The van der Waals surface area contributed by atoms with Crippen LogP contribution in [0.15, 0.2) is 0 Å². The maximum absolute atomic E-state index is 10.9. The average Bonchev–Trinajstić information content (AvgIpc) is 1.86. The SMILES string of the molecule is CCC(=O)NC(C)(C)CON. The molecule has 66 valence electrons. The molecule has 0 rings (SSSR count). The second-order valence-electron chi connectivity index (χ2n) is 3.10. The van der Waals surface area contributed by atoms with E-state index < -0.39 is 0 Å². The lowest BCUT2D eigenvalue weighted by Gasteiger charge is -2.24. The Balaban J connectivity index is 3.80. The number of nitrogens with one attached hydrogen (secondary N) is 1. The van der Waals surface area contributed by atoms with E-state index in [1.165, 1.54) is 0 Å². The Morgan fingerprint density at radius 3 is 2.55 bits per heavy atom. The van der Waals surface area contributed by atoms with Crippen molar-refractivity contribution in [3.8, 4) is 0 Å². The van der Waals surface area contributed by atoms with Gasteiger partial charge in [0, 0.05) is 6.42 Å². The molecule has 0 atom stereocenters. The zero-order valence-electron chi connectivity index (χ0n) is 7.31. The van der Waals surface area contributed by atoms with Gasteiger partial charge in [0.15, 0.2) is 0 Å². The molecule has 0 heterocycles. The molecule has 0 aliphatic rings. The van der Waals surface area contributed by atoms with E-state index in [1.807, 2.05) is 13.8 Å². The molecule has 4 nitrogen and oxygen atoms in total. The largest absolute Gasteiger partial charge is 0.349 e.